The molecule has 0 spiro atoms. The summed E-state index contributed by atoms with van der Waals surface area (Å²) in [5.41, 5.74) is 3.59. The number of rotatable bonds is 5. The molecule has 0 bridgehead atoms. The van der Waals surface area contributed by atoms with Gasteiger partial charge in [0, 0.05) is 28.9 Å². The van der Waals surface area contributed by atoms with Gasteiger partial charge in [0.05, 0.1) is 17.8 Å². The fraction of sp³-hybridized carbons (Fsp3) is 0.227. The summed E-state index contributed by atoms with van der Waals surface area (Å²) in [4.78, 5) is 18.3. The molecule has 1 heterocycles. The molecule has 1 aromatic heterocycles. The van der Waals surface area contributed by atoms with Gasteiger partial charge in [-0.15, -0.1) is 11.8 Å². The largest absolute Gasteiger partial charge is 0.326 e. The number of nitrogens with zero attached hydrogens (tertiary/aromatic N) is 3. The Kier molecular flexibility index (Phi) is 6.89. The predicted octanol–water partition coefficient (Wildman–Crippen LogP) is 4.30. The van der Waals surface area contributed by atoms with Crippen molar-refractivity contribution in [2.24, 2.45) is 12.0 Å². The van der Waals surface area contributed by atoms with Gasteiger partial charge in [0.1, 0.15) is 5.82 Å². The Morgan fingerprint density at radius 1 is 1.20 bits per heavy atom. The fourth-order valence-corrected chi connectivity index (χ4v) is 3.43. The molecule has 2 aromatic carbocycles. The zero-order valence-electron chi connectivity index (χ0n) is 17.4. The molecule has 3 aromatic rings. The second kappa shape index (κ2) is 9.58. The van der Waals surface area contributed by atoms with E-state index in [-0.39, 0.29) is 11.5 Å². The molecule has 0 saturated carbocycles. The van der Waals surface area contributed by atoms with Crippen molar-refractivity contribution < 1.29 is 9.18 Å². The van der Waals surface area contributed by atoms with E-state index < -0.39 is 11.7 Å². The van der Waals surface area contributed by atoms with Crippen LogP contribution in [0.25, 0.3) is 0 Å². The SMILES string of the molecule is CSc1cccc(NC(=NCc2c(C)nn(C)c2C)NC(=O)c2ccccc2F)c1. The minimum atomic E-state index is -0.585. The number of anilines is 1. The van der Waals surface area contributed by atoms with Gasteiger partial charge < -0.3 is 5.32 Å². The summed E-state index contributed by atoms with van der Waals surface area (Å²) >= 11 is 1.61. The molecule has 0 aliphatic carbocycles. The van der Waals surface area contributed by atoms with E-state index in [4.69, 9.17) is 0 Å². The van der Waals surface area contributed by atoms with Gasteiger partial charge >= 0.3 is 0 Å². The maximum Gasteiger partial charge on any atom is 0.260 e. The highest BCUT2D eigenvalue weighted by Crippen LogP contribution is 2.19. The van der Waals surface area contributed by atoms with Crippen molar-refractivity contribution in [1.82, 2.24) is 15.1 Å². The van der Waals surface area contributed by atoms with Crippen LogP contribution in [0, 0.1) is 19.7 Å². The second-order valence-electron chi connectivity index (χ2n) is 6.73. The number of nitrogens with one attached hydrogen (secondary N) is 2. The average Bonchev–Trinajstić information content (AvgIpc) is 2.97. The number of hydrogen-bond acceptors (Lipinski definition) is 4. The number of thioether (sulfide) groups is 1. The molecule has 0 saturated heterocycles. The summed E-state index contributed by atoms with van der Waals surface area (Å²) < 4.78 is 15.8. The maximum atomic E-state index is 14.0. The topological polar surface area (TPSA) is 71.3 Å². The van der Waals surface area contributed by atoms with Crippen molar-refractivity contribution in [3.05, 3.63) is 76.9 Å². The third-order valence-electron chi connectivity index (χ3n) is 4.74. The number of guanidine groups is 1. The maximum absolute atomic E-state index is 14.0. The van der Waals surface area contributed by atoms with Gasteiger partial charge in [-0.1, -0.05) is 18.2 Å². The Balaban J connectivity index is 1.89. The number of hydrogen-bond donors (Lipinski definition) is 2. The summed E-state index contributed by atoms with van der Waals surface area (Å²) in [5.74, 6) is -0.915. The zero-order chi connectivity index (χ0) is 21.7. The van der Waals surface area contributed by atoms with E-state index in [1.165, 1.54) is 12.1 Å². The van der Waals surface area contributed by atoms with Gasteiger partial charge in [-0.2, -0.15) is 5.10 Å². The first-order valence-electron chi connectivity index (χ1n) is 9.39. The van der Waals surface area contributed by atoms with Crippen molar-refractivity contribution >= 4 is 29.3 Å². The highest BCUT2D eigenvalue weighted by atomic mass is 32.2. The van der Waals surface area contributed by atoms with E-state index in [1.54, 1.807) is 28.6 Å². The van der Waals surface area contributed by atoms with Crippen LogP contribution in [0.3, 0.4) is 0 Å². The molecular formula is C22H24FN5OS. The molecule has 8 heteroatoms. The lowest BCUT2D eigenvalue weighted by Gasteiger charge is -2.13. The third kappa shape index (κ3) is 5.07. The van der Waals surface area contributed by atoms with Gasteiger partial charge in [0.2, 0.25) is 5.96 Å². The number of halogens is 1. The number of amides is 1. The monoisotopic (exact) mass is 425 g/mol. The predicted molar refractivity (Wildman–Crippen MR) is 120 cm³/mol. The number of benzene rings is 2. The first kappa shape index (κ1) is 21.6. The first-order valence-corrected chi connectivity index (χ1v) is 10.6. The lowest BCUT2D eigenvalue weighted by atomic mass is 10.2. The van der Waals surface area contributed by atoms with Crippen LogP contribution in [0.15, 0.2) is 58.4 Å². The molecule has 0 atom stereocenters. The standard InChI is InChI=1S/C22H24FN5OS/c1-14-19(15(2)28(3)27-14)13-24-22(25-16-8-7-9-17(12-16)30-4)26-21(29)18-10-5-6-11-20(18)23/h5-12H,13H2,1-4H3,(H2,24,25,26,29). The van der Waals surface area contributed by atoms with E-state index in [1.807, 2.05) is 51.4 Å². The van der Waals surface area contributed by atoms with Crippen molar-refractivity contribution in [2.45, 2.75) is 25.3 Å². The highest BCUT2D eigenvalue weighted by Gasteiger charge is 2.15. The first-order chi connectivity index (χ1) is 14.4. The van der Waals surface area contributed by atoms with Crippen molar-refractivity contribution in [3.63, 3.8) is 0 Å². The van der Waals surface area contributed by atoms with E-state index in [0.29, 0.717) is 6.54 Å². The van der Waals surface area contributed by atoms with Crippen LogP contribution < -0.4 is 10.6 Å². The van der Waals surface area contributed by atoms with Crippen LogP contribution in [-0.2, 0) is 13.6 Å². The lowest BCUT2D eigenvalue weighted by Crippen LogP contribution is -2.36. The number of carbonyl (C=O) groups is 1. The summed E-state index contributed by atoms with van der Waals surface area (Å²) in [6, 6.07) is 13.6. The van der Waals surface area contributed by atoms with E-state index >= 15 is 0 Å². The zero-order valence-corrected chi connectivity index (χ0v) is 18.2. The molecule has 1 amide bonds. The molecular weight excluding hydrogens is 401 g/mol. The molecule has 156 valence electrons. The molecule has 0 radical (unpaired) electrons. The molecule has 0 fully saturated rings. The summed E-state index contributed by atoms with van der Waals surface area (Å²) in [6.07, 6.45) is 1.99. The smallest absolute Gasteiger partial charge is 0.260 e. The average molecular weight is 426 g/mol. The van der Waals surface area contributed by atoms with Gasteiger partial charge in [-0.05, 0) is 50.4 Å². The molecule has 30 heavy (non-hydrogen) atoms. The van der Waals surface area contributed by atoms with E-state index in [0.717, 1.165) is 27.5 Å². The summed E-state index contributed by atoms with van der Waals surface area (Å²) in [6.45, 7) is 4.22. The van der Waals surface area contributed by atoms with Crippen molar-refractivity contribution in [1.29, 1.82) is 0 Å². The van der Waals surface area contributed by atoms with Crippen LogP contribution in [0.2, 0.25) is 0 Å². The fourth-order valence-electron chi connectivity index (χ4n) is 2.97. The van der Waals surface area contributed by atoms with Gasteiger partial charge in [0.25, 0.3) is 5.91 Å². The van der Waals surface area contributed by atoms with Crippen LogP contribution in [-0.4, -0.2) is 27.9 Å². The van der Waals surface area contributed by atoms with Crippen LogP contribution in [0.1, 0.15) is 27.3 Å². The van der Waals surface area contributed by atoms with Crippen molar-refractivity contribution in [2.75, 3.05) is 11.6 Å². The van der Waals surface area contributed by atoms with Crippen LogP contribution >= 0.6 is 11.8 Å². The third-order valence-corrected chi connectivity index (χ3v) is 5.46. The van der Waals surface area contributed by atoms with Gasteiger partial charge in [-0.25, -0.2) is 9.38 Å². The lowest BCUT2D eigenvalue weighted by molar-refractivity contribution is 0.0973. The normalized spacial score (nSPS) is 11.4. The Bertz CT molecular complexity index is 1090. The number of aryl methyl sites for hydroxylation is 2. The number of aliphatic imine (C=N–C) groups is 1. The summed E-state index contributed by atoms with van der Waals surface area (Å²) in [5, 5.41) is 10.2. The Morgan fingerprint density at radius 2 is 1.97 bits per heavy atom. The molecule has 0 unspecified atom stereocenters. The van der Waals surface area contributed by atoms with Crippen molar-refractivity contribution in [3.8, 4) is 0 Å². The van der Waals surface area contributed by atoms with E-state index in [9.17, 15) is 9.18 Å². The second-order valence-corrected chi connectivity index (χ2v) is 7.61. The number of carbonyl (C=O) groups excluding carboxylic acids is 1. The molecule has 2 N–H and O–H groups in total. The van der Waals surface area contributed by atoms with Crippen LogP contribution in [0.5, 0.6) is 0 Å². The molecule has 0 aliphatic rings. The van der Waals surface area contributed by atoms with Gasteiger partial charge in [0.15, 0.2) is 0 Å². The van der Waals surface area contributed by atoms with E-state index in [2.05, 4.69) is 20.7 Å². The number of aromatic nitrogens is 2. The Morgan fingerprint density at radius 3 is 2.63 bits per heavy atom. The highest BCUT2D eigenvalue weighted by molar-refractivity contribution is 7.98. The van der Waals surface area contributed by atoms with Gasteiger partial charge in [-0.3, -0.25) is 14.8 Å². The minimum absolute atomic E-state index is 0.0430. The molecule has 0 aliphatic heterocycles. The molecule has 3 rings (SSSR count). The molecule has 6 nitrogen and oxygen atoms in total. The minimum Gasteiger partial charge on any atom is -0.326 e. The Hall–Kier alpha value is -3.13. The Labute approximate surface area is 179 Å². The summed E-state index contributed by atoms with van der Waals surface area (Å²) in [7, 11) is 1.88. The van der Waals surface area contributed by atoms with Crippen LogP contribution in [0.4, 0.5) is 10.1 Å². The quantitative estimate of drug-likeness (QED) is 0.363.